The topological polar surface area (TPSA) is 129 Å². The van der Waals surface area contributed by atoms with Gasteiger partial charge in [0.15, 0.2) is 5.96 Å². The van der Waals surface area contributed by atoms with Crippen molar-refractivity contribution in [3.63, 3.8) is 0 Å². The van der Waals surface area contributed by atoms with Gasteiger partial charge in [0.2, 0.25) is 5.89 Å². The highest BCUT2D eigenvalue weighted by atomic mass is 16.5. The fraction of sp³-hybridized carbons (Fsp3) is 0.154. The minimum Gasteiger partial charge on any atom is -0.370 e. The van der Waals surface area contributed by atoms with Crippen molar-refractivity contribution in [2.75, 3.05) is 12.0 Å². The van der Waals surface area contributed by atoms with E-state index in [-0.39, 0.29) is 12.6 Å². The molecule has 8 heteroatoms. The van der Waals surface area contributed by atoms with Crippen LogP contribution in [-0.4, -0.2) is 27.8 Å². The smallest absolute Gasteiger partial charge is 0.264 e. The van der Waals surface area contributed by atoms with Crippen molar-refractivity contribution in [1.29, 1.82) is 5.41 Å². The van der Waals surface area contributed by atoms with E-state index in [1.165, 1.54) is 0 Å². The van der Waals surface area contributed by atoms with E-state index in [0.29, 0.717) is 18.3 Å². The molecule has 0 bridgehead atoms. The second kappa shape index (κ2) is 5.53. The van der Waals surface area contributed by atoms with E-state index in [1.54, 1.807) is 0 Å². The lowest BCUT2D eigenvalue weighted by Crippen LogP contribution is -2.34. The maximum atomic E-state index is 7.03. The number of nitrogens with one attached hydrogen (secondary N) is 4. The second-order valence-corrected chi connectivity index (χ2v) is 4.49. The van der Waals surface area contributed by atoms with E-state index >= 15 is 0 Å². The first-order valence-corrected chi connectivity index (χ1v) is 6.42. The van der Waals surface area contributed by atoms with Crippen molar-refractivity contribution in [2.24, 2.45) is 5.73 Å². The minimum atomic E-state index is -0.120. The van der Waals surface area contributed by atoms with Crippen molar-refractivity contribution < 1.29 is 4.52 Å². The molecule has 0 radical (unpaired) electrons. The van der Waals surface area contributed by atoms with E-state index in [0.717, 1.165) is 16.5 Å². The number of para-hydroxylation sites is 1. The first kappa shape index (κ1) is 13.0. The van der Waals surface area contributed by atoms with Gasteiger partial charge in [0.05, 0.1) is 13.1 Å². The molecule has 0 saturated carbocycles. The summed E-state index contributed by atoms with van der Waals surface area (Å²) < 4.78 is 5.19. The lowest BCUT2D eigenvalue weighted by atomic mass is 10.1. The van der Waals surface area contributed by atoms with Crippen LogP contribution in [0.2, 0.25) is 0 Å². The van der Waals surface area contributed by atoms with Crippen LogP contribution in [0.15, 0.2) is 35.0 Å². The number of rotatable bonds is 5. The molecule has 2 aromatic heterocycles. The molecule has 0 aliphatic carbocycles. The normalized spacial score (nSPS) is 10.7. The molecule has 3 rings (SSSR count). The van der Waals surface area contributed by atoms with Gasteiger partial charge in [-0.2, -0.15) is 4.98 Å². The number of benzene rings is 1. The number of aromatic amines is 1. The molecule has 0 aliphatic rings. The minimum absolute atomic E-state index is 0.120. The predicted molar refractivity (Wildman–Crippen MR) is 78.9 cm³/mol. The maximum absolute atomic E-state index is 7.03. The molecule has 1 aromatic carbocycles. The SMILES string of the molecule is N=C(N)NCNc1noc(Cc2c[nH]c3ccccc23)n1. The first-order valence-electron chi connectivity index (χ1n) is 6.42. The summed E-state index contributed by atoms with van der Waals surface area (Å²) in [4.78, 5) is 7.44. The van der Waals surface area contributed by atoms with Crippen LogP contribution in [0.5, 0.6) is 0 Å². The van der Waals surface area contributed by atoms with Gasteiger partial charge in [-0.1, -0.05) is 18.2 Å². The van der Waals surface area contributed by atoms with Gasteiger partial charge in [0.1, 0.15) is 0 Å². The highest BCUT2D eigenvalue weighted by Gasteiger charge is 2.10. The Labute approximate surface area is 120 Å². The molecule has 0 atom stereocenters. The molecular formula is C13H15N7O. The summed E-state index contributed by atoms with van der Waals surface area (Å²) in [7, 11) is 0. The number of guanidine groups is 1. The molecule has 6 N–H and O–H groups in total. The van der Waals surface area contributed by atoms with Gasteiger partial charge >= 0.3 is 0 Å². The molecule has 0 amide bonds. The highest BCUT2D eigenvalue weighted by molar-refractivity contribution is 5.83. The van der Waals surface area contributed by atoms with Crippen LogP contribution in [0.1, 0.15) is 11.5 Å². The van der Waals surface area contributed by atoms with E-state index in [9.17, 15) is 0 Å². The monoisotopic (exact) mass is 285 g/mol. The van der Waals surface area contributed by atoms with Crippen LogP contribution in [0, 0.1) is 5.41 Å². The lowest BCUT2D eigenvalue weighted by Gasteiger charge is -2.01. The number of hydrogen-bond donors (Lipinski definition) is 5. The zero-order valence-corrected chi connectivity index (χ0v) is 11.2. The number of nitrogens with zero attached hydrogens (tertiary/aromatic N) is 2. The summed E-state index contributed by atoms with van der Waals surface area (Å²) >= 11 is 0. The van der Waals surface area contributed by atoms with Gasteiger partial charge in [-0.3, -0.25) is 5.41 Å². The van der Waals surface area contributed by atoms with Crippen LogP contribution in [0.3, 0.4) is 0 Å². The van der Waals surface area contributed by atoms with Gasteiger partial charge in [0, 0.05) is 17.1 Å². The zero-order chi connectivity index (χ0) is 14.7. The molecule has 21 heavy (non-hydrogen) atoms. The third-order valence-electron chi connectivity index (χ3n) is 3.01. The third-order valence-corrected chi connectivity index (χ3v) is 3.01. The van der Waals surface area contributed by atoms with Gasteiger partial charge in [-0.15, -0.1) is 0 Å². The molecule has 2 heterocycles. The van der Waals surface area contributed by atoms with Gasteiger partial charge in [-0.25, -0.2) is 0 Å². The standard InChI is InChI=1S/C13H15N7O/c14-12(15)17-7-18-13-19-11(21-20-13)5-8-6-16-10-4-2-1-3-9(8)10/h1-4,6,16H,5,7H2,(H,18,20)(H4,14,15,17). The maximum Gasteiger partial charge on any atom is 0.264 e. The van der Waals surface area contributed by atoms with Gasteiger partial charge in [0.25, 0.3) is 5.95 Å². The number of nitrogens with two attached hydrogens (primary N) is 1. The Kier molecular flexibility index (Phi) is 3.42. The highest BCUT2D eigenvalue weighted by Crippen LogP contribution is 2.20. The van der Waals surface area contributed by atoms with Crippen molar-refractivity contribution in [3.8, 4) is 0 Å². The fourth-order valence-corrected chi connectivity index (χ4v) is 2.06. The van der Waals surface area contributed by atoms with Crippen LogP contribution in [-0.2, 0) is 6.42 Å². The average Bonchev–Trinajstić information content (AvgIpc) is 3.07. The molecule has 0 spiro atoms. The van der Waals surface area contributed by atoms with Crippen LogP contribution < -0.4 is 16.4 Å². The molecule has 3 aromatic rings. The Hall–Kier alpha value is -3.03. The molecule has 108 valence electrons. The molecule has 0 unspecified atom stereocenters. The third kappa shape index (κ3) is 2.94. The fourth-order valence-electron chi connectivity index (χ4n) is 2.06. The Morgan fingerprint density at radius 3 is 3.10 bits per heavy atom. The van der Waals surface area contributed by atoms with E-state index in [4.69, 9.17) is 15.7 Å². The number of fused-ring (bicyclic) bond motifs is 1. The summed E-state index contributed by atoms with van der Waals surface area (Å²) in [5.41, 5.74) is 7.35. The summed E-state index contributed by atoms with van der Waals surface area (Å²) in [6, 6.07) is 8.05. The van der Waals surface area contributed by atoms with Gasteiger partial charge < -0.3 is 25.9 Å². The van der Waals surface area contributed by atoms with E-state index < -0.39 is 0 Å². The number of hydrogen-bond acceptors (Lipinski definition) is 5. The Bertz CT molecular complexity index is 761. The average molecular weight is 285 g/mol. The van der Waals surface area contributed by atoms with Crippen molar-refractivity contribution >= 4 is 22.8 Å². The van der Waals surface area contributed by atoms with E-state index in [1.807, 2.05) is 30.5 Å². The Morgan fingerprint density at radius 2 is 2.24 bits per heavy atom. The summed E-state index contributed by atoms with van der Waals surface area (Å²) in [5.74, 6) is 0.758. The Balaban J connectivity index is 1.68. The summed E-state index contributed by atoms with van der Waals surface area (Å²) in [6.07, 6.45) is 2.50. The number of aromatic nitrogens is 3. The Morgan fingerprint density at radius 1 is 1.38 bits per heavy atom. The van der Waals surface area contributed by atoms with Crippen LogP contribution in [0.25, 0.3) is 10.9 Å². The lowest BCUT2D eigenvalue weighted by molar-refractivity contribution is 0.386. The molecular weight excluding hydrogens is 270 g/mol. The zero-order valence-electron chi connectivity index (χ0n) is 11.2. The first-order chi connectivity index (χ1) is 10.2. The van der Waals surface area contributed by atoms with Crippen molar-refractivity contribution in [2.45, 2.75) is 6.42 Å². The van der Waals surface area contributed by atoms with Crippen LogP contribution >= 0.6 is 0 Å². The number of anilines is 1. The van der Waals surface area contributed by atoms with Crippen molar-refractivity contribution in [3.05, 3.63) is 41.9 Å². The molecule has 0 saturated heterocycles. The van der Waals surface area contributed by atoms with E-state index in [2.05, 4.69) is 25.8 Å². The van der Waals surface area contributed by atoms with Crippen molar-refractivity contribution in [1.82, 2.24) is 20.4 Å². The number of H-pyrrole nitrogens is 1. The largest absolute Gasteiger partial charge is 0.370 e. The predicted octanol–water partition coefficient (Wildman–Crippen LogP) is 0.994. The van der Waals surface area contributed by atoms with Gasteiger partial charge in [-0.05, 0) is 16.8 Å². The quantitative estimate of drug-likeness (QED) is 0.270. The van der Waals surface area contributed by atoms with Crippen LogP contribution in [0.4, 0.5) is 5.95 Å². The second-order valence-electron chi connectivity index (χ2n) is 4.49. The molecule has 8 nitrogen and oxygen atoms in total. The molecule has 0 fully saturated rings. The molecule has 0 aliphatic heterocycles. The summed E-state index contributed by atoms with van der Waals surface area (Å²) in [5, 5.41) is 17.4. The summed E-state index contributed by atoms with van der Waals surface area (Å²) in [6.45, 7) is 0.265.